The molecule has 1 atom stereocenters. The van der Waals surface area contributed by atoms with Crippen LogP contribution in [0.3, 0.4) is 0 Å². The summed E-state index contributed by atoms with van der Waals surface area (Å²) in [5.41, 5.74) is 1.54. The van der Waals surface area contributed by atoms with Crippen LogP contribution < -0.4 is 5.32 Å². The van der Waals surface area contributed by atoms with Crippen LogP contribution in [0, 0.1) is 17.0 Å². The Hall–Kier alpha value is -3.22. The number of nitrogens with zero attached hydrogens (tertiary/aromatic N) is 2. The van der Waals surface area contributed by atoms with Gasteiger partial charge in [-0.1, -0.05) is 30.3 Å². The Balaban J connectivity index is 2.21. The average Bonchev–Trinajstić information content (AvgIpc) is 2.60. The standard InChI is InChI=1S/C19H21N3O4/c1-13-11-15(9-10-17(13)22(25)26)18(23)20-16(19(24)21(2)3)12-14-7-5-4-6-8-14/h4-11,16H,12H2,1-3H3,(H,20,23). The fraction of sp³-hybridized carbons (Fsp3) is 0.263. The first-order valence-corrected chi connectivity index (χ1v) is 8.10. The predicted molar refractivity (Wildman–Crippen MR) is 97.9 cm³/mol. The van der Waals surface area contributed by atoms with E-state index in [2.05, 4.69) is 5.32 Å². The van der Waals surface area contributed by atoms with E-state index in [-0.39, 0.29) is 17.2 Å². The lowest BCUT2D eigenvalue weighted by atomic mass is 10.0. The lowest BCUT2D eigenvalue weighted by Crippen LogP contribution is -2.47. The van der Waals surface area contributed by atoms with Gasteiger partial charge in [-0.25, -0.2) is 0 Å². The van der Waals surface area contributed by atoms with Crippen molar-refractivity contribution in [1.82, 2.24) is 10.2 Å². The average molecular weight is 355 g/mol. The summed E-state index contributed by atoms with van der Waals surface area (Å²) in [7, 11) is 3.25. The van der Waals surface area contributed by atoms with Gasteiger partial charge in [-0.05, 0) is 24.6 Å². The van der Waals surface area contributed by atoms with Crippen molar-refractivity contribution in [2.75, 3.05) is 14.1 Å². The van der Waals surface area contributed by atoms with E-state index in [1.54, 1.807) is 21.0 Å². The molecule has 2 amide bonds. The molecule has 0 heterocycles. The minimum atomic E-state index is -0.726. The lowest BCUT2D eigenvalue weighted by Gasteiger charge is -2.22. The third kappa shape index (κ3) is 4.66. The Morgan fingerprint density at radius 3 is 2.35 bits per heavy atom. The number of nitro benzene ring substituents is 1. The van der Waals surface area contributed by atoms with Crippen LogP contribution in [0.2, 0.25) is 0 Å². The second-order valence-electron chi connectivity index (χ2n) is 6.21. The summed E-state index contributed by atoms with van der Waals surface area (Å²) in [5.74, 6) is -0.667. The largest absolute Gasteiger partial charge is 0.347 e. The molecule has 1 unspecified atom stereocenters. The molecule has 2 rings (SSSR count). The minimum Gasteiger partial charge on any atom is -0.347 e. The molecule has 26 heavy (non-hydrogen) atoms. The van der Waals surface area contributed by atoms with E-state index in [1.165, 1.54) is 23.1 Å². The second-order valence-corrected chi connectivity index (χ2v) is 6.21. The predicted octanol–water partition coefficient (Wildman–Crippen LogP) is 2.33. The Bertz CT molecular complexity index is 819. The first-order chi connectivity index (χ1) is 12.3. The highest BCUT2D eigenvalue weighted by molar-refractivity contribution is 5.98. The van der Waals surface area contributed by atoms with Crippen molar-refractivity contribution in [2.45, 2.75) is 19.4 Å². The van der Waals surface area contributed by atoms with E-state index >= 15 is 0 Å². The van der Waals surface area contributed by atoms with Crippen LogP contribution in [-0.2, 0) is 11.2 Å². The van der Waals surface area contributed by atoms with Crippen LogP contribution in [0.15, 0.2) is 48.5 Å². The van der Waals surface area contributed by atoms with E-state index in [9.17, 15) is 19.7 Å². The van der Waals surface area contributed by atoms with Gasteiger partial charge in [0, 0.05) is 37.7 Å². The molecule has 0 saturated carbocycles. The minimum absolute atomic E-state index is 0.0493. The molecule has 2 aromatic carbocycles. The van der Waals surface area contributed by atoms with Crippen molar-refractivity contribution in [2.24, 2.45) is 0 Å². The summed E-state index contributed by atoms with van der Waals surface area (Å²) >= 11 is 0. The maximum atomic E-state index is 12.6. The summed E-state index contributed by atoms with van der Waals surface area (Å²) < 4.78 is 0. The van der Waals surface area contributed by atoms with Crippen molar-refractivity contribution in [3.63, 3.8) is 0 Å². The maximum Gasteiger partial charge on any atom is 0.272 e. The molecule has 0 aliphatic carbocycles. The van der Waals surface area contributed by atoms with Crippen LogP contribution in [0.1, 0.15) is 21.5 Å². The van der Waals surface area contributed by atoms with Crippen molar-refractivity contribution < 1.29 is 14.5 Å². The van der Waals surface area contributed by atoms with Gasteiger partial charge in [0.05, 0.1) is 4.92 Å². The van der Waals surface area contributed by atoms with Crippen LogP contribution in [0.25, 0.3) is 0 Å². The number of amides is 2. The smallest absolute Gasteiger partial charge is 0.272 e. The first kappa shape index (κ1) is 19.1. The normalized spacial score (nSPS) is 11.5. The molecule has 0 aliphatic rings. The van der Waals surface area contributed by atoms with Gasteiger partial charge in [0.2, 0.25) is 5.91 Å². The highest BCUT2D eigenvalue weighted by Gasteiger charge is 2.24. The zero-order chi connectivity index (χ0) is 19.3. The van der Waals surface area contributed by atoms with Crippen molar-refractivity contribution in [3.05, 3.63) is 75.3 Å². The third-order valence-electron chi connectivity index (χ3n) is 3.98. The molecule has 0 radical (unpaired) electrons. The van der Waals surface area contributed by atoms with E-state index < -0.39 is 16.9 Å². The zero-order valence-electron chi connectivity index (χ0n) is 14.9. The number of carbonyl (C=O) groups is 2. The second kappa shape index (κ2) is 8.24. The molecule has 0 spiro atoms. The topological polar surface area (TPSA) is 92.6 Å². The van der Waals surface area contributed by atoms with E-state index in [4.69, 9.17) is 0 Å². The number of aryl methyl sites for hydroxylation is 1. The fourth-order valence-corrected chi connectivity index (χ4v) is 2.60. The SMILES string of the molecule is Cc1cc(C(=O)NC(Cc2ccccc2)C(=O)N(C)C)ccc1[N+](=O)[O-]. The molecule has 0 bridgehead atoms. The van der Waals surface area contributed by atoms with Gasteiger partial charge in [-0.2, -0.15) is 0 Å². The molecule has 7 nitrogen and oxygen atoms in total. The fourth-order valence-electron chi connectivity index (χ4n) is 2.60. The third-order valence-corrected chi connectivity index (χ3v) is 3.98. The number of benzene rings is 2. The number of likely N-dealkylation sites (N-methyl/N-ethyl adjacent to an activating group) is 1. The van der Waals surface area contributed by atoms with Gasteiger partial charge >= 0.3 is 0 Å². The number of carbonyl (C=O) groups excluding carboxylic acids is 2. The lowest BCUT2D eigenvalue weighted by molar-refractivity contribution is -0.385. The van der Waals surface area contributed by atoms with Gasteiger partial charge < -0.3 is 10.2 Å². The molecule has 2 aromatic rings. The van der Waals surface area contributed by atoms with Crippen molar-refractivity contribution in [1.29, 1.82) is 0 Å². The van der Waals surface area contributed by atoms with Crippen LogP contribution in [-0.4, -0.2) is 41.8 Å². The van der Waals surface area contributed by atoms with Crippen LogP contribution in [0.5, 0.6) is 0 Å². The summed E-state index contributed by atoms with van der Waals surface area (Å²) in [6, 6.07) is 12.8. The molecule has 1 N–H and O–H groups in total. The summed E-state index contributed by atoms with van der Waals surface area (Å²) in [6.07, 6.45) is 0.357. The molecule has 0 fully saturated rings. The van der Waals surface area contributed by atoms with Crippen molar-refractivity contribution >= 4 is 17.5 Å². The van der Waals surface area contributed by atoms with E-state index in [0.29, 0.717) is 12.0 Å². The summed E-state index contributed by atoms with van der Waals surface area (Å²) in [4.78, 5) is 36.8. The van der Waals surface area contributed by atoms with Gasteiger partial charge in [0.15, 0.2) is 0 Å². The number of nitro groups is 1. The Morgan fingerprint density at radius 2 is 1.81 bits per heavy atom. The monoisotopic (exact) mass is 355 g/mol. The van der Waals surface area contributed by atoms with Gasteiger partial charge in [0.25, 0.3) is 11.6 Å². The molecular formula is C19H21N3O4. The zero-order valence-corrected chi connectivity index (χ0v) is 14.9. The van der Waals surface area contributed by atoms with Gasteiger partial charge in [-0.15, -0.1) is 0 Å². The van der Waals surface area contributed by atoms with Gasteiger partial charge in [-0.3, -0.25) is 19.7 Å². The highest BCUT2D eigenvalue weighted by Crippen LogP contribution is 2.19. The number of hydrogen-bond acceptors (Lipinski definition) is 4. The summed E-state index contributed by atoms with van der Waals surface area (Å²) in [6.45, 7) is 1.57. The Labute approximate surface area is 151 Å². The Morgan fingerprint density at radius 1 is 1.15 bits per heavy atom. The van der Waals surface area contributed by atoms with Gasteiger partial charge in [0.1, 0.15) is 6.04 Å². The first-order valence-electron chi connectivity index (χ1n) is 8.10. The van der Waals surface area contributed by atoms with E-state index in [1.807, 2.05) is 30.3 Å². The van der Waals surface area contributed by atoms with Crippen molar-refractivity contribution in [3.8, 4) is 0 Å². The maximum absolute atomic E-state index is 12.6. The molecule has 0 aromatic heterocycles. The molecule has 0 saturated heterocycles. The van der Waals surface area contributed by atoms with E-state index in [0.717, 1.165) is 5.56 Å². The van der Waals surface area contributed by atoms with Crippen LogP contribution >= 0.6 is 0 Å². The molecule has 0 aliphatic heterocycles. The summed E-state index contributed by atoms with van der Waals surface area (Å²) in [5, 5.41) is 13.6. The Kier molecular flexibility index (Phi) is 6.06. The highest BCUT2D eigenvalue weighted by atomic mass is 16.6. The van der Waals surface area contributed by atoms with Crippen LogP contribution in [0.4, 0.5) is 5.69 Å². The molecular weight excluding hydrogens is 334 g/mol. The quantitative estimate of drug-likeness (QED) is 0.636. The molecule has 7 heteroatoms. The molecule has 136 valence electrons. The number of hydrogen-bond donors (Lipinski definition) is 1. The number of nitrogens with one attached hydrogen (secondary N) is 1. The number of rotatable bonds is 6.